The molecule has 1 amide bonds. The molecule has 6 atom stereocenters. The Bertz CT molecular complexity index is 1090. The summed E-state index contributed by atoms with van der Waals surface area (Å²) >= 11 is 0. The molecule has 4 rings (SSSR count). The van der Waals surface area contributed by atoms with Crippen molar-refractivity contribution in [3.05, 3.63) is 23.7 Å². The predicted molar refractivity (Wildman–Crippen MR) is 152 cm³/mol. The van der Waals surface area contributed by atoms with E-state index >= 15 is 4.39 Å². The second-order valence-electron chi connectivity index (χ2n) is 11.4. The SMILES string of the molecule is CCC(CC)/C1=C/C=C(/F)C=NC(C)C(C(=O)NC2CNCC(F)C2N2CCN(S(=O)(=O)C3CC3)CC2)C(N)N1. The number of allylic oxidation sites excluding steroid dienone is 4. The molecule has 6 unspecified atom stereocenters. The Morgan fingerprint density at radius 3 is 2.48 bits per heavy atom. The zero-order valence-corrected chi connectivity index (χ0v) is 24.5. The first kappa shape index (κ1) is 31.0. The lowest BCUT2D eigenvalue weighted by atomic mass is 9.92. The number of hydrogen-bond acceptors (Lipinski definition) is 8. The maximum Gasteiger partial charge on any atom is 0.229 e. The molecule has 226 valence electrons. The van der Waals surface area contributed by atoms with Crippen LogP contribution in [0.15, 0.2) is 28.7 Å². The van der Waals surface area contributed by atoms with Crippen LogP contribution in [-0.4, -0.2) is 105 Å². The van der Waals surface area contributed by atoms with Crippen molar-refractivity contribution in [1.82, 2.24) is 25.2 Å². The van der Waals surface area contributed by atoms with E-state index in [1.807, 2.05) is 18.7 Å². The molecule has 3 heterocycles. The van der Waals surface area contributed by atoms with E-state index in [4.69, 9.17) is 5.73 Å². The number of nitrogens with zero attached hydrogens (tertiary/aromatic N) is 3. The summed E-state index contributed by atoms with van der Waals surface area (Å²) in [6, 6.07) is -1.82. The summed E-state index contributed by atoms with van der Waals surface area (Å²) in [7, 11) is -3.29. The van der Waals surface area contributed by atoms with E-state index in [2.05, 4.69) is 20.9 Å². The maximum atomic E-state index is 15.4. The van der Waals surface area contributed by atoms with Crippen LogP contribution in [0, 0.1) is 11.8 Å². The number of nitrogens with two attached hydrogens (primary N) is 1. The number of hydrogen-bond donors (Lipinski definition) is 4. The Morgan fingerprint density at radius 1 is 1.18 bits per heavy atom. The molecule has 3 fully saturated rings. The summed E-state index contributed by atoms with van der Waals surface area (Å²) in [6.07, 6.45) is 5.11. The number of rotatable bonds is 8. The first-order chi connectivity index (χ1) is 19.1. The van der Waals surface area contributed by atoms with Crippen LogP contribution in [0.2, 0.25) is 0 Å². The number of amides is 1. The quantitative estimate of drug-likeness (QED) is 0.335. The third-order valence-corrected chi connectivity index (χ3v) is 11.0. The van der Waals surface area contributed by atoms with Crippen molar-refractivity contribution < 1.29 is 22.0 Å². The van der Waals surface area contributed by atoms with Gasteiger partial charge in [-0.2, -0.15) is 4.31 Å². The summed E-state index contributed by atoms with van der Waals surface area (Å²) in [5.41, 5.74) is 7.32. The minimum Gasteiger partial charge on any atom is -0.372 e. The molecule has 40 heavy (non-hydrogen) atoms. The van der Waals surface area contributed by atoms with Crippen molar-refractivity contribution in [2.24, 2.45) is 22.6 Å². The van der Waals surface area contributed by atoms with Gasteiger partial charge < -0.3 is 21.7 Å². The van der Waals surface area contributed by atoms with Crippen molar-refractivity contribution >= 4 is 22.1 Å². The highest BCUT2D eigenvalue weighted by molar-refractivity contribution is 7.90. The minimum atomic E-state index is -3.29. The van der Waals surface area contributed by atoms with Crippen molar-refractivity contribution in [1.29, 1.82) is 0 Å². The Hall–Kier alpha value is -1.93. The van der Waals surface area contributed by atoms with Crippen LogP contribution in [-0.2, 0) is 14.8 Å². The fraction of sp³-hybridized carbons (Fsp3) is 0.778. The molecule has 13 heteroatoms. The van der Waals surface area contributed by atoms with Crippen LogP contribution < -0.4 is 21.7 Å². The number of alkyl halides is 1. The molecule has 10 nitrogen and oxygen atoms in total. The van der Waals surface area contributed by atoms with Gasteiger partial charge in [-0.05, 0) is 50.7 Å². The molecule has 2 saturated heterocycles. The fourth-order valence-corrected chi connectivity index (χ4v) is 7.92. The number of halogens is 2. The van der Waals surface area contributed by atoms with Gasteiger partial charge in [0.1, 0.15) is 12.0 Å². The summed E-state index contributed by atoms with van der Waals surface area (Å²) in [6.45, 7) is 7.71. The van der Waals surface area contributed by atoms with Crippen LogP contribution >= 0.6 is 0 Å². The van der Waals surface area contributed by atoms with Gasteiger partial charge in [0.05, 0.1) is 41.7 Å². The lowest BCUT2D eigenvalue weighted by Gasteiger charge is -2.46. The average molecular weight is 586 g/mol. The molecule has 3 aliphatic heterocycles. The predicted octanol–water partition coefficient (Wildman–Crippen LogP) is 1.03. The summed E-state index contributed by atoms with van der Waals surface area (Å²) < 4.78 is 56.6. The number of nitrogens with one attached hydrogen (secondary N) is 3. The van der Waals surface area contributed by atoms with Gasteiger partial charge in [-0.1, -0.05) is 13.8 Å². The van der Waals surface area contributed by atoms with Gasteiger partial charge in [0, 0.05) is 45.0 Å². The Kier molecular flexibility index (Phi) is 10.4. The molecule has 0 aromatic heterocycles. The second-order valence-corrected chi connectivity index (χ2v) is 13.6. The number of sulfonamides is 1. The Morgan fingerprint density at radius 2 is 1.85 bits per heavy atom. The van der Waals surface area contributed by atoms with Gasteiger partial charge in [-0.3, -0.25) is 14.7 Å². The third kappa shape index (κ3) is 7.10. The normalized spacial score (nSPS) is 35.8. The van der Waals surface area contributed by atoms with Crippen LogP contribution in [0.4, 0.5) is 8.78 Å². The Balaban J connectivity index is 1.49. The monoisotopic (exact) mass is 585 g/mol. The first-order valence-corrected chi connectivity index (χ1v) is 16.1. The third-order valence-electron chi connectivity index (χ3n) is 8.64. The van der Waals surface area contributed by atoms with Crippen molar-refractivity contribution in [2.75, 3.05) is 39.3 Å². The van der Waals surface area contributed by atoms with Gasteiger partial charge in [0.15, 0.2) is 0 Å². The first-order valence-electron chi connectivity index (χ1n) is 14.6. The number of aliphatic imine (C=N–C) groups is 1. The fourth-order valence-electron chi connectivity index (χ4n) is 6.09. The summed E-state index contributed by atoms with van der Waals surface area (Å²) in [5, 5.41) is 9.07. The highest BCUT2D eigenvalue weighted by atomic mass is 32.2. The largest absolute Gasteiger partial charge is 0.372 e. The van der Waals surface area contributed by atoms with E-state index < -0.39 is 52.2 Å². The molecule has 1 aliphatic carbocycles. The zero-order valence-electron chi connectivity index (χ0n) is 23.7. The average Bonchev–Trinajstić information content (AvgIpc) is 3.77. The molecule has 0 radical (unpaired) electrons. The Labute approximate surface area is 236 Å². The summed E-state index contributed by atoms with van der Waals surface area (Å²) in [4.78, 5) is 20.0. The van der Waals surface area contributed by atoms with Gasteiger partial charge >= 0.3 is 0 Å². The number of carbonyl (C=O) groups excluding carboxylic acids is 1. The molecular weight excluding hydrogens is 540 g/mol. The van der Waals surface area contributed by atoms with Crippen molar-refractivity contribution in [3.63, 3.8) is 0 Å². The molecule has 4 aliphatic rings. The van der Waals surface area contributed by atoms with E-state index in [0.717, 1.165) is 24.8 Å². The molecule has 0 aromatic carbocycles. The van der Waals surface area contributed by atoms with Crippen molar-refractivity contribution in [2.45, 2.75) is 82.2 Å². The maximum absolute atomic E-state index is 15.4. The minimum absolute atomic E-state index is 0.118. The highest BCUT2D eigenvalue weighted by Crippen LogP contribution is 2.32. The van der Waals surface area contributed by atoms with E-state index in [1.54, 1.807) is 13.0 Å². The van der Waals surface area contributed by atoms with Gasteiger partial charge in [-0.15, -0.1) is 0 Å². The number of piperazine rings is 1. The lowest BCUT2D eigenvalue weighted by Crippen LogP contribution is -2.68. The molecule has 5 N–H and O–H groups in total. The van der Waals surface area contributed by atoms with Crippen LogP contribution in [0.25, 0.3) is 0 Å². The van der Waals surface area contributed by atoms with Crippen molar-refractivity contribution in [3.8, 4) is 0 Å². The topological polar surface area (TPSA) is 132 Å². The smallest absolute Gasteiger partial charge is 0.229 e. The van der Waals surface area contributed by atoms with E-state index in [-0.39, 0.29) is 23.6 Å². The van der Waals surface area contributed by atoms with Gasteiger partial charge in [0.25, 0.3) is 0 Å². The van der Waals surface area contributed by atoms with E-state index in [0.29, 0.717) is 45.6 Å². The molecule has 0 aromatic rings. The number of piperidine rings is 1. The molecule has 1 saturated carbocycles. The second kappa shape index (κ2) is 13.4. The molecular formula is C27H45F2N7O3S. The van der Waals surface area contributed by atoms with Gasteiger partial charge in [0.2, 0.25) is 15.9 Å². The summed E-state index contributed by atoms with van der Waals surface area (Å²) in [5.74, 6) is -1.64. The molecule has 0 spiro atoms. The highest BCUT2D eigenvalue weighted by Gasteiger charge is 2.45. The van der Waals surface area contributed by atoms with E-state index in [1.165, 1.54) is 10.4 Å². The van der Waals surface area contributed by atoms with Gasteiger partial charge in [-0.25, -0.2) is 17.2 Å². The molecule has 0 bridgehead atoms. The number of carbonyl (C=O) groups is 1. The lowest BCUT2D eigenvalue weighted by molar-refractivity contribution is -0.128. The zero-order chi connectivity index (χ0) is 29.0. The van der Waals surface area contributed by atoms with Crippen LogP contribution in [0.1, 0.15) is 46.5 Å². The van der Waals surface area contributed by atoms with E-state index in [9.17, 15) is 17.6 Å². The van der Waals surface area contributed by atoms with Crippen LogP contribution in [0.5, 0.6) is 0 Å². The standard InChI is InChI=1S/C27H45F2N7O3S/c1-4-18(5-2)22-9-6-19(28)14-32-17(3)24(26(30)33-22)27(37)34-23-16-31-15-21(29)25(23)35-10-12-36(13-11-35)40(38,39)20-7-8-20/h6,9,14,17-18,20-21,23-26,31,33H,4-5,7-8,10-13,15-16,30H2,1-3H3,(H,34,37)/b19-6+,22-9-,32-14?. The van der Waals surface area contributed by atoms with Crippen LogP contribution in [0.3, 0.4) is 0 Å².